The number of hydrogen-bond donors (Lipinski definition) is 0. The van der Waals surface area contributed by atoms with Crippen LogP contribution in [0.3, 0.4) is 0 Å². The van der Waals surface area contributed by atoms with Crippen LogP contribution in [-0.4, -0.2) is 26.9 Å². The SMILES string of the molecule is O=C(Cn1cnc2cc(-c3ccccc3)sc2c1=O)N1CCc2cc([N+](=O)[O-])ccc21. The molecule has 0 saturated carbocycles. The summed E-state index contributed by atoms with van der Waals surface area (Å²) in [6, 6.07) is 16.1. The van der Waals surface area contributed by atoms with Gasteiger partial charge in [-0.15, -0.1) is 11.3 Å². The van der Waals surface area contributed by atoms with Crippen LogP contribution in [-0.2, 0) is 17.8 Å². The molecule has 9 heteroatoms. The van der Waals surface area contributed by atoms with E-state index in [0.29, 0.717) is 28.9 Å². The van der Waals surface area contributed by atoms with Crippen LogP contribution in [0.15, 0.2) is 65.7 Å². The first-order valence-electron chi connectivity index (χ1n) is 9.63. The molecule has 5 rings (SSSR count). The topological polar surface area (TPSA) is 98.3 Å². The van der Waals surface area contributed by atoms with E-state index in [1.54, 1.807) is 11.0 Å². The molecule has 2 aromatic carbocycles. The van der Waals surface area contributed by atoms with E-state index >= 15 is 0 Å². The summed E-state index contributed by atoms with van der Waals surface area (Å²) in [6.45, 7) is 0.285. The Bertz CT molecular complexity index is 1390. The molecule has 31 heavy (non-hydrogen) atoms. The Kier molecular flexibility index (Phi) is 4.59. The number of nitrogens with zero attached hydrogens (tertiary/aromatic N) is 4. The van der Waals surface area contributed by atoms with Gasteiger partial charge >= 0.3 is 0 Å². The summed E-state index contributed by atoms with van der Waals surface area (Å²) >= 11 is 1.36. The number of fused-ring (bicyclic) bond motifs is 2. The first-order valence-corrected chi connectivity index (χ1v) is 10.4. The van der Waals surface area contributed by atoms with Crippen molar-refractivity contribution in [1.29, 1.82) is 0 Å². The van der Waals surface area contributed by atoms with E-state index in [2.05, 4.69) is 4.98 Å². The number of anilines is 1. The molecular formula is C22H16N4O4S. The van der Waals surface area contributed by atoms with Gasteiger partial charge in [-0.1, -0.05) is 30.3 Å². The number of nitro benzene ring substituents is 1. The Hall–Kier alpha value is -3.85. The number of thiophene rings is 1. The Morgan fingerprint density at radius 3 is 2.74 bits per heavy atom. The van der Waals surface area contributed by atoms with E-state index in [-0.39, 0.29) is 23.7 Å². The van der Waals surface area contributed by atoms with Crippen LogP contribution in [0.2, 0.25) is 0 Å². The Morgan fingerprint density at radius 1 is 1.16 bits per heavy atom. The van der Waals surface area contributed by atoms with Gasteiger partial charge in [-0.05, 0) is 29.7 Å². The maximum Gasteiger partial charge on any atom is 0.271 e. The van der Waals surface area contributed by atoms with Crippen molar-refractivity contribution in [3.8, 4) is 10.4 Å². The van der Waals surface area contributed by atoms with Gasteiger partial charge in [0.25, 0.3) is 11.2 Å². The first kappa shape index (κ1) is 19.1. The van der Waals surface area contributed by atoms with Gasteiger partial charge in [-0.3, -0.25) is 24.3 Å². The van der Waals surface area contributed by atoms with Gasteiger partial charge in [-0.25, -0.2) is 4.98 Å². The highest BCUT2D eigenvalue weighted by Crippen LogP contribution is 2.32. The molecule has 1 amide bonds. The average Bonchev–Trinajstić information content (AvgIpc) is 3.40. The number of non-ortho nitro benzene ring substituents is 1. The minimum Gasteiger partial charge on any atom is -0.310 e. The van der Waals surface area contributed by atoms with Crippen molar-refractivity contribution in [1.82, 2.24) is 9.55 Å². The van der Waals surface area contributed by atoms with Gasteiger partial charge < -0.3 is 4.90 Å². The second-order valence-corrected chi connectivity index (χ2v) is 8.29. The first-order chi connectivity index (χ1) is 15.0. The molecule has 3 heterocycles. The molecule has 0 fully saturated rings. The highest BCUT2D eigenvalue weighted by Gasteiger charge is 2.27. The van der Waals surface area contributed by atoms with Gasteiger partial charge in [0.05, 0.1) is 16.8 Å². The number of rotatable bonds is 4. The summed E-state index contributed by atoms with van der Waals surface area (Å²) in [4.78, 5) is 43.3. The molecule has 0 atom stereocenters. The van der Waals surface area contributed by atoms with Crippen LogP contribution in [0.4, 0.5) is 11.4 Å². The van der Waals surface area contributed by atoms with Crippen LogP contribution in [0.5, 0.6) is 0 Å². The normalized spacial score (nSPS) is 12.8. The maximum atomic E-state index is 13.0. The van der Waals surface area contributed by atoms with Crippen molar-refractivity contribution in [2.24, 2.45) is 0 Å². The van der Waals surface area contributed by atoms with Crippen LogP contribution in [0.1, 0.15) is 5.56 Å². The lowest BCUT2D eigenvalue weighted by Gasteiger charge is -2.17. The molecule has 4 aromatic rings. The molecule has 154 valence electrons. The molecule has 0 N–H and O–H groups in total. The van der Waals surface area contributed by atoms with Gasteiger partial charge in [0.1, 0.15) is 11.2 Å². The predicted octanol–water partition coefficient (Wildman–Crippen LogP) is 3.62. The molecule has 0 unspecified atom stereocenters. The van der Waals surface area contributed by atoms with Gasteiger partial charge in [0.15, 0.2) is 0 Å². The third-order valence-electron chi connectivity index (χ3n) is 5.34. The smallest absolute Gasteiger partial charge is 0.271 e. The summed E-state index contributed by atoms with van der Waals surface area (Å²) in [6.07, 6.45) is 1.94. The zero-order valence-corrected chi connectivity index (χ0v) is 17.0. The minimum atomic E-state index is -0.448. The second kappa shape index (κ2) is 7.44. The van der Waals surface area contributed by atoms with E-state index in [4.69, 9.17) is 0 Å². The maximum absolute atomic E-state index is 13.0. The van der Waals surface area contributed by atoms with Crippen molar-refractivity contribution in [2.45, 2.75) is 13.0 Å². The minimum absolute atomic E-state index is 0.00540. The quantitative estimate of drug-likeness (QED) is 0.362. The zero-order chi connectivity index (χ0) is 21.5. The number of hydrogen-bond acceptors (Lipinski definition) is 6. The molecule has 0 saturated heterocycles. The van der Waals surface area contributed by atoms with E-state index in [0.717, 1.165) is 16.0 Å². The number of nitro groups is 1. The standard InChI is InChI=1S/C22H16N4O4S/c27-20(25-9-8-15-10-16(26(29)30)6-7-18(15)25)12-24-13-23-17-11-19(31-21(17)22(24)28)14-4-2-1-3-5-14/h1-7,10-11,13H,8-9,12H2. The van der Waals surface area contributed by atoms with Gasteiger partial charge in [0, 0.05) is 29.2 Å². The number of benzene rings is 2. The van der Waals surface area contributed by atoms with E-state index < -0.39 is 4.92 Å². The third kappa shape index (κ3) is 3.38. The summed E-state index contributed by atoms with van der Waals surface area (Å²) in [5.41, 5.74) is 2.78. The largest absolute Gasteiger partial charge is 0.310 e. The van der Waals surface area contributed by atoms with Crippen LogP contribution < -0.4 is 10.5 Å². The van der Waals surface area contributed by atoms with Crippen LogP contribution >= 0.6 is 11.3 Å². The van der Waals surface area contributed by atoms with Crippen LogP contribution in [0.25, 0.3) is 20.7 Å². The van der Waals surface area contributed by atoms with Gasteiger partial charge in [-0.2, -0.15) is 0 Å². The highest BCUT2D eigenvalue weighted by molar-refractivity contribution is 7.22. The number of carbonyl (C=O) groups excluding carboxylic acids is 1. The third-order valence-corrected chi connectivity index (χ3v) is 6.50. The zero-order valence-electron chi connectivity index (χ0n) is 16.2. The summed E-state index contributed by atoms with van der Waals surface area (Å²) in [5, 5.41) is 11.0. The molecule has 1 aliphatic rings. The molecule has 0 bridgehead atoms. The second-order valence-electron chi connectivity index (χ2n) is 7.23. The fourth-order valence-corrected chi connectivity index (χ4v) is 4.86. The molecule has 1 aliphatic heterocycles. The summed E-state index contributed by atoms with van der Waals surface area (Å²) < 4.78 is 1.82. The Labute approximate surface area is 180 Å². The fraction of sp³-hybridized carbons (Fsp3) is 0.136. The molecule has 8 nitrogen and oxygen atoms in total. The summed E-state index contributed by atoms with van der Waals surface area (Å²) in [7, 11) is 0. The molecular weight excluding hydrogens is 416 g/mol. The van der Waals surface area contributed by atoms with Crippen molar-refractivity contribution in [2.75, 3.05) is 11.4 Å². The van der Waals surface area contributed by atoms with E-state index in [1.165, 1.54) is 34.4 Å². The monoisotopic (exact) mass is 432 g/mol. The molecule has 0 spiro atoms. The number of aromatic nitrogens is 2. The number of carbonyl (C=O) groups is 1. The summed E-state index contributed by atoms with van der Waals surface area (Å²) in [5.74, 6) is -0.254. The lowest BCUT2D eigenvalue weighted by atomic mass is 10.1. The molecule has 0 radical (unpaired) electrons. The predicted molar refractivity (Wildman–Crippen MR) is 118 cm³/mol. The average molecular weight is 432 g/mol. The van der Waals surface area contributed by atoms with E-state index in [1.807, 2.05) is 36.4 Å². The Balaban J connectivity index is 1.43. The molecule has 2 aromatic heterocycles. The lowest BCUT2D eigenvalue weighted by Crippen LogP contribution is -2.35. The van der Waals surface area contributed by atoms with E-state index in [9.17, 15) is 19.7 Å². The molecule has 0 aliphatic carbocycles. The highest BCUT2D eigenvalue weighted by atomic mass is 32.1. The van der Waals surface area contributed by atoms with Crippen molar-refractivity contribution in [3.63, 3.8) is 0 Å². The Morgan fingerprint density at radius 2 is 1.97 bits per heavy atom. The van der Waals surface area contributed by atoms with Gasteiger partial charge in [0.2, 0.25) is 5.91 Å². The number of amides is 1. The van der Waals surface area contributed by atoms with Crippen LogP contribution in [0, 0.1) is 10.1 Å². The fourth-order valence-electron chi connectivity index (χ4n) is 3.79. The lowest BCUT2D eigenvalue weighted by molar-refractivity contribution is -0.384. The van der Waals surface area contributed by atoms with Crippen molar-refractivity contribution < 1.29 is 9.72 Å². The van der Waals surface area contributed by atoms with Crippen molar-refractivity contribution in [3.05, 3.63) is 87.0 Å². The van der Waals surface area contributed by atoms with Crippen molar-refractivity contribution >= 4 is 38.8 Å².